The summed E-state index contributed by atoms with van der Waals surface area (Å²) in [6, 6.07) is 8.24. The maximum atomic E-state index is 11.6. The summed E-state index contributed by atoms with van der Waals surface area (Å²) in [5.41, 5.74) is 0. The molecule has 1 aromatic carbocycles. The Labute approximate surface area is 146 Å². The molecule has 0 aromatic heterocycles. The van der Waals surface area contributed by atoms with Crippen molar-refractivity contribution in [2.45, 2.75) is 37.5 Å². The van der Waals surface area contributed by atoms with E-state index in [1.54, 1.807) is 30.3 Å². The zero-order valence-corrected chi connectivity index (χ0v) is 10.4. The molecule has 92 valence electrons. The van der Waals surface area contributed by atoms with E-state index in [4.69, 9.17) is 4.18 Å². The molecule has 0 saturated carbocycles. The van der Waals surface area contributed by atoms with Gasteiger partial charge < -0.3 is 0 Å². The van der Waals surface area contributed by atoms with Crippen LogP contribution < -0.4 is 0 Å². The third-order valence-electron chi connectivity index (χ3n) is 2.27. The van der Waals surface area contributed by atoms with Gasteiger partial charge in [0.25, 0.3) is 10.1 Å². The molecule has 1 rings (SSSR count). The summed E-state index contributed by atoms with van der Waals surface area (Å²) in [6.07, 6.45) is 4.06. The van der Waals surface area contributed by atoms with E-state index in [0.29, 0.717) is 0 Å². The van der Waals surface area contributed by atoms with E-state index in [9.17, 15) is 8.42 Å². The van der Waals surface area contributed by atoms with Gasteiger partial charge in [-0.25, -0.2) is 0 Å². The molecule has 0 spiro atoms. The average molecular weight is 282 g/mol. The molecule has 1 aromatic rings. The topological polar surface area (TPSA) is 43.4 Å². The molecule has 0 unspecified atom stereocenters. The molecule has 3 nitrogen and oxygen atoms in total. The second kappa shape index (κ2) is 9.66. The van der Waals surface area contributed by atoms with Crippen molar-refractivity contribution in [2.75, 3.05) is 6.61 Å². The molecule has 0 atom stereocenters. The van der Waals surface area contributed by atoms with Crippen LogP contribution in [0, 0.1) is 0 Å². The second-order valence-electron chi connectivity index (χ2n) is 3.65. The molecular formula is C12H19KO3S. The van der Waals surface area contributed by atoms with Crippen LogP contribution in [0.2, 0.25) is 0 Å². The quantitative estimate of drug-likeness (QED) is 0.438. The van der Waals surface area contributed by atoms with Gasteiger partial charge in [-0.3, -0.25) is 4.18 Å². The Morgan fingerprint density at radius 3 is 2.29 bits per heavy atom. The molecule has 0 fully saturated rings. The Hall–Kier alpha value is 0.766. The average Bonchev–Trinajstić information content (AvgIpc) is 2.30. The SMILES string of the molecule is CCCCCCOS(=O)(=O)c1ccccc1.[KH]. The first-order valence-corrected chi connectivity index (χ1v) is 7.02. The molecule has 5 heteroatoms. The van der Waals surface area contributed by atoms with Crippen LogP contribution in [-0.2, 0) is 14.3 Å². The number of benzene rings is 1. The van der Waals surface area contributed by atoms with Crippen molar-refractivity contribution in [3.05, 3.63) is 30.3 Å². The van der Waals surface area contributed by atoms with E-state index in [1.165, 1.54) is 0 Å². The second-order valence-corrected chi connectivity index (χ2v) is 5.27. The van der Waals surface area contributed by atoms with E-state index in [0.717, 1.165) is 25.7 Å². The van der Waals surface area contributed by atoms with Crippen LogP contribution >= 0.6 is 0 Å². The third-order valence-corrected chi connectivity index (χ3v) is 3.59. The van der Waals surface area contributed by atoms with Crippen molar-refractivity contribution in [3.63, 3.8) is 0 Å². The zero-order valence-electron chi connectivity index (χ0n) is 9.56. The summed E-state index contributed by atoms with van der Waals surface area (Å²) < 4.78 is 28.2. The Kier molecular flexibility index (Phi) is 10.1. The molecule has 0 aliphatic heterocycles. The van der Waals surface area contributed by atoms with Gasteiger partial charge in [-0.15, -0.1) is 0 Å². The first-order valence-electron chi connectivity index (χ1n) is 5.61. The molecule has 0 N–H and O–H groups in total. The van der Waals surface area contributed by atoms with Crippen LogP contribution in [0.4, 0.5) is 0 Å². The normalized spacial score (nSPS) is 10.9. The fraction of sp³-hybridized carbons (Fsp3) is 0.500. The molecule has 0 bridgehead atoms. The first-order chi connectivity index (χ1) is 7.67. The fourth-order valence-electron chi connectivity index (χ4n) is 1.35. The Morgan fingerprint density at radius 1 is 1.06 bits per heavy atom. The van der Waals surface area contributed by atoms with Gasteiger partial charge in [-0.2, -0.15) is 8.42 Å². The van der Waals surface area contributed by atoms with Crippen LogP contribution in [0.5, 0.6) is 0 Å². The van der Waals surface area contributed by atoms with E-state index >= 15 is 0 Å². The Bertz CT molecular complexity index is 389. The fourth-order valence-corrected chi connectivity index (χ4v) is 2.32. The number of hydrogen-bond acceptors (Lipinski definition) is 3. The molecular weight excluding hydrogens is 263 g/mol. The Morgan fingerprint density at radius 2 is 1.71 bits per heavy atom. The molecule has 0 amide bonds. The van der Waals surface area contributed by atoms with Crippen molar-refractivity contribution in [2.24, 2.45) is 0 Å². The minimum absolute atomic E-state index is 0. The monoisotopic (exact) mass is 282 g/mol. The van der Waals surface area contributed by atoms with Crippen molar-refractivity contribution < 1.29 is 12.6 Å². The summed E-state index contributed by atoms with van der Waals surface area (Å²) in [7, 11) is -3.55. The minimum atomic E-state index is -3.55. The Balaban J connectivity index is 0.00000256. The van der Waals surface area contributed by atoms with Gasteiger partial charge in [-0.1, -0.05) is 44.4 Å². The van der Waals surface area contributed by atoms with Crippen LogP contribution in [0.3, 0.4) is 0 Å². The summed E-state index contributed by atoms with van der Waals surface area (Å²) in [5, 5.41) is 0. The van der Waals surface area contributed by atoms with Crippen LogP contribution in [0.25, 0.3) is 0 Å². The van der Waals surface area contributed by atoms with E-state index in [1.807, 2.05) is 0 Å². The van der Waals surface area contributed by atoms with Gasteiger partial charge in [0.15, 0.2) is 0 Å². The van der Waals surface area contributed by atoms with E-state index in [-0.39, 0.29) is 62.9 Å². The van der Waals surface area contributed by atoms with Gasteiger partial charge in [0.2, 0.25) is 0 Å². The standard InChI is InChI=1S/C12H18O3S.K.H/c1-2-3-4-8-11-15-16(13,14)12-9-6-5-7-10-12;;/h5-7,9-10H,2-4,8,11H2,1H3;;. The van der Waals surface area contributed by atoms with Gasteiger partial charge in [-0.05, 0) is 18.6 Å². The predicted molar refractivity (Wildman–Crippen MR) is 70.9 cm³/mol. The number of rotatable bonds is 7. The summed E-state index contributed by atoms with van der Waals surface area (Å²) in [5.74, 6) is 0. The van der Waals surface area contributed by atoms with Gasteiger partial charge in [0.05, 0.1) is 11.5 Å². The molecule has 0 radical (unpaired) electrons. The van der Waals surface area contributed by atoms with Gasteiger partial charge >= 0.3 is 51.4 Å². The molecule has 0 aliphatic carbocycles. The zero-order chi connectivity index (χ0) is 11.9. The summed E-state index contributed by atoms with van der Waals surface area (Å²) in [6.45, 7) is 2.39. The van der Waals surface area contributed by atoms with Crippen molar-refractivity contribution in [1.82, 2.24) is 0 Å². The summed E-state index contributed by atoms with van der Waals surface area (Å²) >= 11 is 0. The van der Waals surface area contributed by atoms with Gasteiger partial charge in [0, 0.05) is 0 Å². The third kappa shape index (κ3) is 7.05. The molecule has 0 aliphatic rings. The predicted octanol–water partition coefficient (Wildman–Crippen LogP) is 2.32. The van der Waals surface area contributed by atoms with Crippen LogP contribution in [-0.4, -0.2) is 66.4 Å². The molecule has 17 heavy (non-hydrogen) atoms. The van der Waals surface area contributed by atoms with E-state index in [2.05, 4.69) is 6.92 Å². The number of hydrogen-bond donors (Lipinski definition) is 0. The van der Waals surface area contributed by atoms with Crippen LogP contribution in [0.15, 0.2) is 35.2 Å². The van der Waals surface area contributed by atoms with Crippen molar-refractivity contribution in [3.8, 4) is 0 Å². The molecule has 0 saturated heterocycles. The first kappa shape index (κ1) is 17.8. The van der Waals surface area contributed by atoms with Crippen molar-refractivity contribution >= 4 is 61.5 Å². The summed E-state index contributed by atoms with van der Waals surface area (Å²) in [4.78, 5) is 0.227. The van der Waals surface area contributed by atoms with Crippen LogP contribution in [0.1, 0.15) is 32.6 Å². The van der Waals surface area contributed by atoms with E-state index < -0.39 is 10.1 Å². The van der Waals surface area contributed by atoms with Gasteiger partial charge in [0.1, 0.15) is 0 Å². The van der Waals surface area contributed by atoms with Crippen molar-refractivity contribution in [1.29, 1.82) is 0 Å². The maximum absolute atomic E-state index is 11.6. The molecule has 0 heterocycles. The number of unbranched alkanes of at least 4 members (excludes halogenated alkanes) is 3.